The van der Waals surface area contributed by atoms with Gasteiger partial charge >= 0.3 is 0 Å². The van der Waals surface area contributed by atoms with Crippen molar-refractivity contribution in [3.8, 4) is 27.7 Å². The van der Waals surface area contributed by atoms with Gasteiger partial charge in [-0.1, -0.05) is 12.1 Å². The quantitative estimate of drug-likeness (QED) is 0.133. The first-order valence-electron chi connectivity index (χ1n) is 13.9. The van der Waals surface area contributed by atoms with Crippen molar-refractivity contribution in [2.45, 2.75) is 25.3 Å². The molecule has 0 saturated heterocycles. The minimum Gasteiger partial charge on any atom is -0.508 e. The zero-order chi connectivity index (χ0) is 28.1. The molecule has 0 spiro atoms. The molecule has 40 heavy (non-hydrogen) atoms. The van der Waals surface area contributed by atoms with Gasteiger partial charge < -0.3 is 24.8 Å². The fourth-order valence-electron chi connectivity index (χ4n) is 5.15. The number of ether oxygens (including phenoxy) is 1. The van der Waals surface area contributed by atoms with E-state index in [4.69, 9.17) is 4.74 Å². The number of phenols is 2. The van der Waals surface area contributed by atoms with Gasteiger partial charge in [-0.25, -0.2) is 4.58 Å². The normalized spacial score (nSPS) is 14.7. The maximum atomic E-state index is 12.5. The van der Waals surface area contributed by atoms with Crippen molar-refractivity contribution < 1.29 is 24.1 Å². The lowest BCUT2D eigenvalue weighted by Crippen LogP contribution is -2.26. The fourth-order valence-corrected chi connectivity index (χ4v) is 7.10. The van der Waals surface area contributed by atoms with Crippen LogP contribution in [0.2, 0.25) is 0 Å². The molecule has 6 nitrogen and oxygen atoms in total. The highest BCUT2D eigenvalue weighted by molar-refractivity contribution is 7.62. The average Bonchev–Trinajstić information content (AvgIpc) is 3.30. The molecule has 1 atom stereocenters. The van der Waals surface area contributed by atoms with Crippen LogP contribution in [0.5, 0.6) is 17.2 Å². The van der Waals surface area contributed by atoms with Gasteiger partial charge in [-0.05, 0) is 96.4 Å². The fraction of sp³-hybridized carbons (Fsp3) is 0.344. The standard InChI is InChI=1S/C32H37N2O4PS/c1-39(2,37)21-16-33-31(23-8-13-27(14-9-23)38-20-19-34-17-4-3-5-18-34)30-28-15-12-26(36)22-29(28)40-32(30)24-6-10-25(35)11-7-24/h6-15,17,22,31,33H,3-5,16,18-21H2,1-2H3,(H-,35,36)/p+1. The predicted molar refractivity (Wildman–Crippen MR) is 167 cm³/mol. The third-order valence-electron chi connectivity index (χ3n) is 7.28. The monoisotopic (exact) mass is 577 g/mol. The van der Waals surface area contributed by atoms with E-state index in [2.05, 4.69) is 28.2 Å². The Hall–Kier alpha value is -3.12. The zero-order valence-electron chi connectivity index (χ0n) is 23.2. The molecule has 1 unspecified atom stereocenters. The molecule has 0 saturated carbocycles. The Labute approximate surface area is 240 Å². The van der Waals surface area contributed by atoms with Crippen molar-refractivity contribution in [3.63, 3.8) is 0 Å². The van der Waals surface area contributed by atoms with Gasteiger partial charge in [0.25, 0.3) is 0 Å². The second kappa shape index (κ2) is 12.6. The third-order valence-corrected chi connectivity index (χ3v) is 9.79. The first kappa shape index (κ1) is 28.4. The predicted octanol–water partition coefficient (Wildman–Crippen LogP) is 6.93. The summed E-state index contributed by atoms with van der Waals surface area (Å²) in [5.41, 5.74) is 3.17. The highest BCUT2D eigenvalue weighted by Crippen LogP contribution is 2.45. The third kappa shape index (κ3) is 7.14. The number of nitrogens with one attached hydrogen (secondary N) is 1. The summed E-state index contributed by atoms with van der Waals surface area (Å²) in [5.74, 6) is 1.28. The van der Waals surface area contributed by atoms with Crippen LogP contribution in [-0.2, 0) is 4.57 Å². The smallest absolute Gasteiger partial charge is 0.176 e. The Morgan fingerprint density at radius 3 is 2.45 bits per heavy atom. The van der Waals surface area contributed by atoms with Crippen LogP contribution in [0.1, 0.15) is 36.4 Å². The Morgan fingerprint density at radius 1 is 1.00 bits per heavy atom. The number of hydrogen-bond acceptors (Lipinski definition) is 6. The Kier molecular flexibility index (Phi) is 8.94. The van der Waals surface area contributed by atoms with Crippen molar-refractivity contribution >= 4 is 34.8 Å². The lowest BCUT2D eigenvalue weighted by Gasteiger charge is -2.22. The topological polar surface area (TPSA) is 81.8 Å². The molecule has 0 bridgehead atoms. The largest absolute Gasteiger partial charge is 0.508 e. The summed E-state index contributed by atoms with van der Waals surface area (Å²) in [5, 5.41) is 24.9. The van der Waals surface area contributed by atoms with Crippen LogP contribution >= 0.6 is 18.5 Å². The van der Waals surface area contributed by atoms with Gasteiger partial charge in [-0.3, -0.25) is 0 Å². The first-order valence-corrected chi connectivity index (χ1v) is 17.5. The van der Waals surface area contributed by atoms with Gasteiger partial charge in [0.1, 0.15) is 36.6 Å². The number of nitrogens with zero attached hydrogens (tertiary/aromatic N) is 1. The van der Waals surface area contributed by atoms with E-state index < -0.39 is 7.14 Å². The van der Waals surface area contributed by atoms with E-state index in [1.165, 1.54) is 12.8 Å². The number of fused-ring (bicyclic) bond motifs is 1. The van der Waals surface area contributed by atoms with E-state index >= 15 is 0 Å². The molecule has 1 aliphatic heterocycles. The molecule has 0 aliphatic carbocycles. The molecule has 3 N–H and O–H groups in total. The van der Waals surface area contributed by atoms with E-state index in [-0.39, 0.29) is 17.5 Å². The lowest BCUT2D eigenvalue weighted by molar-refractivity contribution is -0.529. The van der Waals surface area contributed by atoms with E-state index in [1.807, 2.05) is 43.7 Å². The van der Waals surface area contributed by atoms with Crippen LogP contribution in [0.4, 0.5) is 0 Å². The van der Waals surface area contributed by atoms with E-state index in [1.54, 1.807) is 35.6 Å². The maximum Gasteiger partial charge on any atom is 0.176 e. The Morgan fingerprint density at radius 2 is 1.75 bits per heavy atom. The Bertz CT molecular complexity index is 1520. The number of thiophene rings is 1. The van der Waals surface area contributed by atoms with Crippen molar-refractivity contribution in [1.82, 2.24) is 5.32 Å². The SMILES string of the molecule is CP(C)(=O)CCNC(c1ccc(OCC[N+]2=CCCCC2)cc1)c1c(-c2ccc(O)cc2)sc2cc(O)ccc12. The molecular weight excluding hydrogens is 539 g/mol. The van der Waals surface area contributed by atoms with Crippen molar-refractivity contribution in [2.24, 2.45) is 0 Å². The van der Waals surface area contributed by atoms with Gasteiger partial charge in [0.15, 0.2) is 6.54 Å². The summed E-state index contributed by atoms with van der Waals surface area (Å²) in [7, 11) is -2.20. The van der Waals surface area contributed by atoms with E-state index in [0.29, 0.717) is 19.3 Å². The number of phenolic OH excluding ortho intramolecular Hbond substituents is 2. The molecule has 5 rings (SSSR count). The van der Waals surface area contributed by atoms with E-state index in [9.17, 15) is 14.8 Å². The lowest BCUT2D eigenvalue weighted by atomic mass is 9.93. The molecule has 4 aromatic rings. The molecule has 2 heterocycles. The highest BCUT2D eigenvalue weighted by Gasteiger charge is 2.24. The second-order valence-electron chi connectivity index (χ2n) is 10.9. The zero-order valence-corrected chi connectivity index (χ0v) is 24.9. The van der Waals surface area contributed by atoms with Crippen LogP contribution in [0, 0.1) is 0 Å². The summed E-state index contributed by atoms with van der Waals surface area (Å²) in [6.45, 7) is 6.88. The molecule has 210 valence electrons. The summed E-state index contributed by atoms with van der Waals surface area (Å²) in [6.07, 6.45) is 6.55. The highest BCUT2D eigenvalue weighted by atomic mass is 32.1. The van der Waals surface area contributed by atoms with Crippen molar-refractivity contribution in [1.29, 1.82) is 0 Å². The minimum absolute atomic E-state index is 0.175. The van der Waals surface area contributed by atoms with Crippen LogP contribution in [0.3, 0.4) is 0 Å². The molecule has 8 heteroatoms. The molecule has 3 aromatic carbocycles. The van der Waals surface area contributed by atoms with Crippen LogP contribution < -0.4 is 10.1 Å². The molecule has 1 aromatic heterocycles. The number of aromatic hydroxyl groups is 2. The van der Waals surface area contributed by atoms with Crippen molar-refractivity contribution in [2.75, 3.05) is 45.7 Å². The van der Waals surface area contributed by atoms with Gasteiger partial charge in [0.2, 0.25) is 0 Å². The second-order valence-corrected chi connectivity index (χ2v) is 15.5. The number of rotatable bonds is 11. The first-order chi connectivity index (χ1) is 19.3. The molecular formula is C32H38N2O4PS+. The van der Waals surface area contributed by atoms with Crippen LogP contribution in [-0.4, -0.2) is 66.7 Å². The Balaban J connectivity index is 1.48. The number of benzene rings is 3. The summed E-state index contributed by atoms with van der Waals surface area (Å²) < 4.78 is 21.9. The van der Waals surface area contributed by atoms with Gasteiger partial charge in [0.05, 0.1) is 13.2 Å². The molecule has 0 fully saturated rings. The maximum absolute atomic E-state index is 12.5. The molecule has 0 radical (unpaired) electrons. The summed E-state index contributed by atoms with van der Waals surface area (Å²) >= 11 is 1.62. The van der Waals surface area contributed by atoms with Crippen LogP contribution in [0.15, 0.2) is 66.7 Å². The van der Waals surface area contributed by atoms with Gasteiger partial charge in [-0.2, -0.15) is 0 Å². The van der Waals surface area contributed by atoms with Gasteiger partial charge in [0, 0.05) is 35.1 Å². The molecule has 1 aliphatic rings. The van der Waals surface area contributed by atoms with E-state index in [0.717, 1.165) is 56.9 Å². The minimum atomic E-state index is -2.20. The summed E-state index contributed by atoms with van der Waals surface area (Å²) in [4.78, 5) is 1.06. The number of hydrogen-bond donors (Lipinski definition) is 3. The van der Waals surface area contributed by atoms with Crippen molar-refractivity contribution in [3.05, 3.63) is 77.9 Å². The summed E-state index contributed by atoms with van der Waals surface area (Å²) in [6, 6.07) is 20.8. The van der Waals surface area contributed by atoms with Gasteiger partial charge in [-0.15, -0.1) is 11.3 Å². The average molecular weight is 578 g/mol. The van der Waals surface area contributed by atoms with Crippen LogP contribution in [0.25, 0.3) is 20.5 Å². The molecule has 0 amide bonds.